The van der Waals surface area contributed by atoms with Gasteiger partial charge in [0.25, 0.3) is 0 Å². The average molecular weight is 707 g/mol. The molecular weight excluding hydrogens is 665 g/mol. The Hall–Kier alpha value is -4.18. The Bertz CT molecular complexity index is 1720. The summed E-state index contributed by atoms with van der Waals surface area (Å²) in [5.74, 6) is 0.559. The van der Waals surface area contributed by atoms with Crippen LogP contribution in [0.15, 0.2) is 94.6 Å². The van der Waals surface area contributed by atoms with E-state index in [1.54, 1.807) is 50.8 Å². The lowest BCUT2D eigenvalue weighted by atomic mass is 9.86. The molecule has 0 aromatic heterocycles. The van der Waals surface area contributed by atoms with Crippen molar-refractivity contribution in [3.8, 4) is 11.5 Å². The second-order valence-corrected chi connectivity index (χ2v) is 13.4. The maximum atomic E-state index is 13.9. The highest BCUT2D eigenvalue weighted by Gasteiger charge is 2.39. The van der Waals surface area contributed by atoms with Gasteiger partial charge in [0.05, 0.1) is 31.4 Å². The number of piperidine rings is 3. The number of methoxy groups -OCH3 is 2. The van der Waals surface area contributed by atoms with E-state index in [9.17, 15) is 9.59 Å². The molecule has 0 radical (unpaired) electrons. The van der Waals surface area contributed by atoms with Gasteiger partial charge >= 0.3 is 11.9 Å². The second kappa shape index (κ2) is 15.6. The molecule has 3 atom stereocenters. The van der Waals surface area contributed by atoms with Crippen molar-refractivity contribution in [2.75, 3.05) is 52.3 Å². The SMILES string of the molecule is COc1ccc(C(CC2=C(Cl)CNC=C2Cl)OC(=O)c2cccc(N(C)C(C(=O)O[C@H]3CN4CCC3CC4)c3ccccc3)c2)cc1OC. The Balaban J connectivity index is 1.26. The number of allylic oxidation sites excluding steroid dienone is 1. The van der Waals surface area contributed by atoms with Crippen molar-refractivity contribution in [3.05, 3.63) is 111 Å². The Morgan fingerprint density at radius 1 is 0.939 bits per heavy atom. The number of ether oxygens (including phenoxy) is 4. The molecular formula is C38H41Cl2N3O6. The number of dihydropyridines is 1. The monoisotopic (exact) mass is 705 g/mol. The predicted octanol–water partition coefficient (Wildman–Crippen LogP) is 6.98. The first kappa shape index (κ1) is 34.7. The van der Waals surface area contributed by atoms with Crippen molar-refractivity contribution in [1.29, 1.82) is 0 Å². The molecule has 3 fully saturated rings. The van der Waals surface area contributed by atoms with E-state index in [1.165, 1.54) is 0 Å². The third-order valence-corrected chi connectivity index (χ3v) is 10.3. The Morgan fingerprint density at radius 3 is 2.37 bits per heavy atom. The zero-order chi connectivity index (χ0) is 34.5. The van der Waals surface area contributed by atoms with Gasteiger partial charge in [-0.15, -0.1) is 0 Å². The van der Waals surface area contributed by atoms with Crippen molar-refractivity contribution < 1.29 is 28.5 Å². The third-order valence-electron chi connectivity index (χ3n) is 9.60. The number of hydrogen-bond acceptors (Lipinski definition) is 9. The summed E-state index contributed by atoms with van der Waals surface area (Å²) in [6.45, 7) is 3.30. The molecule has 7 rings (SSSR count). The highest BCUT2D eigenvalue weighted by Crippen LogP contribution is 2.39. The summed E-state index contributed by atoms with van der Waals surface area (Å²) in [4.78, 5) is 32.0. The minimum Gasteiger partial charge on any atom is -0.493 e. The molecule has 3 saturated heterocycles. The standard InChI is InChI=1S/C38H41Cl2N3O6/c1-42(36(25-8-5-4-6-9-25)38(45)49-35-23-43-16-14-24(35)15-17-43)28-11-7-10-27(18-28)37(44)48-33(20-29-30(39)21-41-22-31(29)40)26-12-13-32(46-2)34(19-26)47-3/h4-13,18-19,21,24,33,35-36,41H,14-17,20,22-23H2,1-3H3/t33?,35-,36?/m0/s1. The zero-order valence-electron chi connectivity index (χ0n) is 27.9. The first-order chi connectivity index (χ1) is 23.7. The van der Waals surface area contributed by atoms with Crippen LogP contribution in [0.1, 0.15) is 52.9 Å². The lowest BCUT2D eigenvalue weighted by Crippen LogP contribution is -2.52. The molecule has 0 saturated carbocycles. The number of carbonyl (C=O) groups is 2. The van der Waals surface area contributed by atoms with Crippen LogP contribution in [0, 0.1) is 5.92 Å². The van der Waals surface area contributed by atoms with E-state index in [4.69, 9.17) is 42.1 Å². The van der Waals surface area contributed by atoms with Gasteiger partial charge in [0, 0.05) is 36.9 Å². The van der Waals surface area contributed by atoms with Gasteiger partial charge in [0.2, 0.25) is 0 Å². The van der Waals surface area contributed by atoms with Crippen molar-refractivity contribution in [3.63, 3.8) is 0 Å². The van der Waals surface area contributed by atoms with Crippen LogP contribution in [0.5, 0.6) is 11.5 Å². The summed E-state index contributed by atoms with van der Waals surface area (Å²) in [7, 11) is 4.95. The fraction of sp³-hybridized carbons (Fsp3) is 0.368. The van der Waals surface area contributed by atoms with Gasteiger partial charge in [0.15, 0.2) is 17.5 Å². The first-order valence-electron chi connectivity index (χ1n) is 16.5. The minimum atomic E-state index is -0.758. The smallest absolute Gasteiger partial charge is 0.338 e. The summed E-state index contributed by atoms with van der Waals surface area (Å²) in [5.41, 5.74) is 3.13. The third kappa shape index (κ3) is 7.85. The number of anilines is 1. The van der Waals surface area contributed by atoms with Gasteiger partial charge in [-0.25, -0.2) is 9.59 Å². The summed E-state index contributed by atoms with van der Waals surface area (Å²) < 4.78 is 23.4. The highest BCUT2D eigenvalue weighted by molar-refractivity contribution is 6.36. The highest BCUT2D eigenvalue weighted by atomic mass is 35.5. The maximum absolute atomic E-state index is 13.9. The fourth-order valence-electron chi connectivity index (χ4n) is 6.84. The number of fused-ring (bicyclic) bond motifs is 3. The Kier molecular flexibility index (Phi) is 11.0. The molecule has 2 bridgehead atoms. The summed E-state index contributed by atoms with van der Waals surface area (Å²) in [6, 6.07) is 21.3. The van der Waals surface area contributed by atoms with E-state index in [0.29, 0.717) is 56.4 Å². The van der Waals surface area contributed by atoms with E-state index in [1.807, 2.05) is 54.4 Å². The quantitative estimate of drug-likeness (QED) is 0.201. The van der Waals surface area contributed by atoms with Gasteiger partial charge in [-0.1, -0.05) is 65.7 Å². The molecule has 4 heterocycles. The van der Waals surface area contributed by atoms with Crippen molar-refractivity contribution in [2.45, 2.75) is 37.5 Å². The van der Waals surface area contributed by atoms with Gasteiger partial charge in [0.1, 0.15) is 12.2 Å². The van der Waals surface area contributed by atoms with Crippen molar-refractivity contribution in [1.82, 2.24) is 10.2 Å². The van der Waals surface area contributed by atoms with E-state index in [0.717, 1.165) is 38.0 Å². The molecule has 9 nitrogen and oxygen atoms in total. The first-order valence-corrected chi connectivity index (χ1v) is 17.2. The number of esters is 2. The normalized spacial score (nSPS) is 21.2. The van der Waals surface area contributed by atoms with Crippen LogP contribution in [0.25, 0.3) is 0 Å². The van der Waals surface area contributed by atoms with Crippen LogP contribution in [0.4, 0.5) is 5.69 Å². The number of hydrogen-bond donors (Lipinski definition) is 1. The molecule has 1 N–H and O–H groups in total. The van der Waals surface area contributed by atoms with E-state index in [-0.39, 0.29) is 18.5 Å². The number of benzene rings is 3. The topological polar surface area (TPSA) is 89.6 Å². The van der Waals surface area contributed by atoms with Crippen LogP contribution in [-0.4, -0.2) is 70.4 Å². The number of nitrogens with zero attached hydrogens (tertiary/aromatic N) is 2. The van der Waals surface area contributed by atoms with Crippen LogP contribution in [0.2, 0.25) is 0 Å². The molecule has 0 amide bonds. The lowest BCUT2D eigenvalue weighted by Gasteiger charge is -2.44. The van der Waals surface area contributed by atoms with Crippen LogP contribution in [-0.2, 0) is 14.3 Å². The Morgan fingerprint density at radius 2 is 1.69 bits per heavy atom. The minimum absolute atomic E-state index is 0.128. The van der Waals surface area contributed by atoms with Crippen LogP contribution < -0.4 is 19.7 Å². The molecule has 3 aromatic carbocycles. The number of rotatable bonds is 12. The van der Waals surface area contributed by atoms with E-state index in [2.05, 4.69) is 10.2 Å². The largest absolute Gasteiger partial charge is 0.493 e. The fourth-order valence-corrected chi connectivity index (χ4v) is 7.41. The summed E-state index contributed by atoms with van der Waals surface area (Å²) in [6.07, 6.45) is 3.11. The van der Waals surface area contributed by atoms with Gasteiger partial charge in [-0.05, 0) is 78.9 Å². The van der Waals surface area contributed by atoms with E-state index < -0.39 is 18.1 Å². The summed E-state index contributed by atoms with van der Waals surface area (Å²) in [5, 5.41) is 4.01. The molecule has 3 aromatic rings. The number of carbonyl (C=O) groups excluding carboxylic acids is 2. The van der Waals surface area contributed by atoms with Crippen molar-refractivity contribution in [2.24, 2.45) is 5.92 Å². The number of likely N-dealkylation sites (N-methyl/N-ethyl adjacent to an activating group) is 1. The van der Waals surface area contributed by atoms with Gasteiger partial charge in [-0.2, -0.15) is 0 Å². The molecule has 0 spiro atoms. The molecule has 4 aliphatic rings. The van der Waals surface area contributed by atoms with Crippen molar-refractivity contribution >= 4 is 40.8 Å². The average Bonchev–Trinajstić information content (AvgIpc) is 3.13. The van der Waals surface area contributed by atoms with Crippen LogP contribution in [0.3, 0.4) is 0 Å². The molecule has 4 aliphatic heterocycles. The van der Waals surface area contributed by atoms with Gasteiger partial charge < -0.3 is 29.2 Å². The molecule has 258 valence electrons. The number of nitrogens with one attached hydrogen (secondary N) is 1. The Labute approximate surface area is 297 Å². The zero-order valence-corrected chi connectivity index (χ0v) is 29.4. The van der Waals surface area contributed by atoms with Gasteiger partial charge in [-0.3, -0.25) is 4.90 Å². The second-order valence-electron chi connectivity index (χ2n) is 12.6. The molecule has 49 heavy (non-hydrogen) atoms. The molecule has 11 heteroatoms. The summed E-state index contributed by atoms with van der Waals surface area (Å²) >= 11 is 13.1. The van der Waals surface area contributed by atoms with Crippen LogP contribution >= 0.6 is 23.2 Å². The molecule has 0 aliphatic carbocycles. The number of halogens is 2. The maximum Gasteiger partial charge on any atom is 0.338 e. The lowest BCUT2D eigenvalue weighted by molar-refractivity contribution is -0.160. The molecule has 2 unspecified atom stereocenters. The van der Waals surface area contributed by atoms with E-state index >= 15 is 0 Å². The predicted molar refractivity (Wildman–Crippen MR) is 190 cm³/mol.